The van der Waals surface area contributed by atoms with Crippen LogP contribution >= 0.6 is 0 Å². The number of imidazole rings is 1. The largest absolute Gasteiger partial charge is 0.389 e. The van der Waals surface area contributed by atoms with Crippen LogP contribution in [0.25, 0.3) is 11.0 Å². The highest BCUT2D eigenvalue weighted by molar-refractivity contribution is 5.75. The van der Waals surface area contributed by atoms with Crippen LogP contribution in [0.4, 0.5) is 0 Å². The third kappa shape index (κ3) is 3.11. The zero-order chi connectivity index (χ0) is 14.9. The number of aliphatic hydroxyl groups is 1. The van der Waals surface area contributed by atoms with Crippen LogP contribution in [-0.4, -0.2) is 26.8 Å². The van der Waals surface area contributed by atoms with Gasteiger partial charge in [0.2, 0.25) is 0 Å². The molecule has 1 aromatic carbocycles. The summed E-state index contributed by atoms with van der Waals surface area (Å²) in [6.07, 6.45) is 4.19. The third-order valence-corrected chi connectivity index (χ3v) is 4.68. The molecule has 0 amide bonds. The first-order chi connectivity index (χ1) is 10.1. The summed E-state index contributed by atoms with van der Waals surface area (Å²) >= 11 is 0. The first kappa shape index (κ1) is 14.5. The molecule has 114 valence electrons. The molecule has 0 spiro atoms. The molecule has 2 unspecified atom stereocenters. The Balaban J connectivity index is 1.63. The van der Waals surface area contributed by atoms with Crippen LogP contribution in [0, 0.1) is 5.92 Å². The minimum absolute atomic E-state index is 0.539. The van der Waals surface area contributed by atoms with E-state index in [1.54, 1.807) is 0 Å². The molecule has 1 fully saturated rings. The molecule has 0 aliphatic heterocycles. The van der Waals surface area contributed by atoms with Crippen LogP contribution in [0.2, 0.25) is 0 Å². The fourth-order valence-corrected chi connectivity index (χ4v) is 3.55. The molecule has 0 saturated heterocycles. The predicted octanol–water partition coefficient (Wildman–Crippen LogP) is 2.60. The van der Waals surface area contributed by atoms with Gasteiger partial charge in [-0.1, -0.05) is 31.9 Å². The van der Waals surface area contributed by atoms with E-state index >= 15 is 0 Å². The van der Waals surface area contributed by atoms with Crippen LogP contribution in [0.1, 0.15) is 38.4 Å². The molecule has 2 aromatic rings. The zero-order valence-electron chi connectivity index (χ0n) is 13.0. The Morgan fingerprint density at radius 2 is 2.24 bits per heavy atom. The van der Waals surface area contributed by atoms with E-state index in [9.17, 15) is 5.11 Å². The highest BCUT2D eigenvalue weighted by atomic mass is 16.3. The lowest BCUT2D eigenvalue weighted by atomic mass is 9.79. The molecule has 2 atom stereocenters. The summed E-state index contributed by atoms with van der Waals surface area (Å²) in [5.74, 6) is 1.64. The average Bonchev–Trinajstić information content (AvgIpc) is 2.76. The van der Waals surface area contributed by atoms with Gasteiger partial charge in [0.15, 0.2) is 0 Å². The molecule has 1 heterocycles. The van der Waals surface area contributed by atoms with Crippen molar-refractivity contribution in [2.45, 2.75) is 44.8 Å². The van der Waals surface area contributed by atoms with Gasteiger partial charge in [-0.25, -0.2) is 4.98 Å². The van der Waals surface area contributed by atoms with Crippen molar-refractivity contribution in [3.8, 4) is 0 Å². The summed E-state index contributed by atoms with van der Waals surface area (Å²) in [7, 11) is 2.05. The van der Waals surface area contributed by atoms with Gasteiger partial charge in [0.05, 0.1) is 23.2 Å². The van der Waals surface area contributed by atoms with Crippen molar-refractivity contribution in [2.75, 3.05) is 6.54 Å². The molecular weight excluding hydrogens is 262 g/mol. The van der Waals surface area contributed by atoms with E-state index in [1.165, 1.54) is 6.42 Å². The van der Waals surface area contributed by atoms with Crippen molar-refractivity contribution >= 4 is 11.0 Å². The van der Waals surface area contributed by atoms with Gasteiger partial charge in [0.1, 0.15) is 5.82 Å². The summed E-state index contributed by atoms with van der Waals surface area (Å²) in [4.78, 5) is 4.65. The number of rotatable bonds is 4. The number of aryl methyl sites for hydroxylation is 1. The molecule has 4 nitrogen and oxygen atoms in total. The van der Waals surface area contributed by atoms with Crippen molar-refractivity contribution in [1.82, 2.24) is 14.9 Å². The molecule has 1 saturated carbocycles. The maximum Gasteiger partial charge on any atom is 0.123 e. The van der Waals surface area contributed by atoms with Gasteiger partial charge in [0.25, 0.3) is 0 Å². The second-order valence-electron chi connectivity index (χ2n) is 6.61. The number of fused-ring (bicyclic) bond motifs is 1. The van der Waals surface area contributed by atoms with Gasteiger partial charge in [-0.05, 0) is 30.9 Å². The van der Waals surface area contributed by atoms with Crippen LogP contribution in [0.3, 0.4) is 0 Å². The molecule has 0 radical (unpaired) electrons. The van der Waals surface area contributed by atoms with Crippen molar-refractivity contribution < 1.29 is 5.11 Å². The fourth-order valence-electron chi connectivity index (χ4n) is 3.55. The van der Waals surface area contributed by atoms with E-state index in [0.717, 1.165) is 36.1 Å². The zero-order valence-corrected chi connectivity index (χ0v) is 13.0. The van der Waals surface area contributed by atoms with Crippen LogP contribution in [0.15, 0.2) is 24.3 Å². The normalized spacial score (nSPS) is 26.3. The summed E-state index contributed by atoms with van der Waals surface area (Å²) in [5.41, 5.74) is 1.64. The van der Waals surface area contributed by atoms with Crippen molar-refractivity contribution in [3.63, 3.8) is 0 Å². The van der Waals surface area contributed by atoms with Gasteiger partial charge >= 0.3 is 0 Å². The number of nitrogens with zero attached hydrogens (tertiary/aromatic N) is 2. The van der Waals surface area contributed by atoms with Gasteiger partial charge in [-0.3, -0.25) is 0 Å². The Morgan fingerprint density at radius 3 is 3.00 bits per heavy atom. The minimum Gasteiger partial charge on any atom is -0.389 e. The van der Waals surface area contributed by atoms with E-state index in [2.05, 4.69) is 27.9 Å². The summed E-state index contributed by atoms with van der Waals surface area (Å²) in [5, 5.41) is 14.0. The Labute approximate surface area is 126 Å². The topological polar surface area (TPSA) is 50.1 Å². The first-order valence-corrected chi connectivity index (χ1v) is 7.91. The van der Waals surface area contributed by atoms with Crippen LogP contribution in [-0.2, 0) is 13.6 Å². The van der Waals surface area contributed by atoms with E-state index in [4.69, 9.17) is 0 Å². The van der Waals surface area contributed by atoms with Gasteiger partial charge in [-0.2, -0.15) is 0 Å². The molecule has 4 heteroatoms. The molecule has 3 rings (SSSR count). The van der Waals surface area contributed by atoms with Crippen LogP contribution < -0.4 is 5.32 Å². The smallest absolute Gasteiger partial charge is 0.123 e. The number of para-hydroxylation sites is 2. The quantitative estimate of drug-likeness (QED) is 0.909. The standard InChI is InChI=1S/C17H25N3O/c1-13-6-5-9-17(21,10-13)12-18-11-16-19-14-7-3-4-8-15(14)20(16)2/h3-4,7-8,13,18,21H,5-6,9-12H2,1-2H3. The molecule has 21 heavy (non-hydrogen) atoms. The summed E-state index contributed by atoms with van der Waals surface area (Å²) in [6.45, 7) is 3.58. The van der Waals surface area contributed by atoms with E-state index in [-0.39, 0.29) is 0 Å². The maximum absolute atomic E-state index is 10.6. The Hall–Kier alpha value is -1.39. The third-order valence-electron chi connectivity index (χ3n) is 4.68. The van der Waals surface area contributed by atoms with E-state index in [1.807, 2.05) is 25.2 Å². The fraction of sp³-hybridized carbons (Fsp3) is 0.588. The Kier molecular flexibility index (Phi) is 4.00. The lowest BCUT2D eigenvalue weighted by Gasteiger charge is -2.35. The van der Waals surface area contributed by atoms with E-state index in [0.29, 0.717) is 19.0 Å². The lowest BCUT2D eigenvalue weighted by Crippen LogP contribution is -2.44. The van der Waals surface area contributed by atoms with E-state index < -0.39 is 5.60 Å². The minimum atomic E-state index is -0.539. The van der Waals surface area contributed by atoms with Crippen LogP contribution in [0.5, 0.6) is 0 Å². The number of aromatic nitrogens is 2. The molecule has 2 N–H and O–H groups in total. The Morgan fingerprint density at radius 1 is 1.43 bits per heavy atom. The first-order valence-electron chi connectivity index (χ1n) is 7.91. The average molecular weight is 287 g/mol. The second kappa shape index (κ2) is 5.78. The monoisotopic (exact) mass is 287 g/mol. The number of benzene rings is 1. The highest BCUT2D eigenvalue weighted by Crippen LogP contribution is 2.31. The van der Waals surface area contributed by atoms with Crippen molar-refractivity contribution in [3.05, 3.63) is 30.1 Å². The molecular formula is C17H25N3O. The SMILES string of the molecule is CC1CCCC(O)(CNCc2nc3ccccc3n2C)C1. The molecule has 1 aliphatic carbocycles. The Bertz CT molecular complexity index is 622. The van der Waals surface area contributed by atoms with Gasteiger partial charge < -0.3 is 15.0 Å². The number of hydrogen-bond acceptors (Lipinski definition) is 3. The number of nitrogens with one attached hydrogen (secondary N) is 1. The maximum atomic E-state index is 10.6. The lowest BCUT2D eigenvalue weighted by molar-refractivity contribution is -0.0120. The summed E-state index contributed by atoms with van der Waals surface area (Å²) < 4.78 is 2.12. The highest BCUT2D eigenvalue weighted by Gasteiger charge is 2.32. The summed E-state index contributed by atoms with van der Waals surface area (Å²) in [6, 6.07) is 8.17. The molecule has 1 aliphatic rings. The van der Waals surface area contributed by atoms with Crippen molar-refractivity contribution in [2.24, 2.45) is 13.0 Å². The molecule has 0 bridgehead atoms. The molecule has 1 aromatic heterocycles. The van der Waals surface area contributed by atoms with Crippen molar-refractivity contribution in [1.29, 1.82) is 0 Å². The number of hydrogen-bond donors (Lipinski definition) is 2. The predicted molar refractivity (Wildman–Crippen MR) is 85.0 cm³/mol. The second-order valence-corrected chi connectivity index (χ2v) is 6.61. The van der Waals surface area contributed by atoms with Gasteiger partial charge in [-0.15, -0.1) is 0 Å². The van der Waals surface area contributed by atoms with Gasteiger partial charge in [0, 0.05) is 13.6 Å².